The number of benzene rings is 2. The van der Waals surface area contributed by atoms with Crippen molar-refractivity contribution in [1.82, 2.24) is 9.80 Å². The third-order valence-electron chi connectivity index (χ3n) is 5.47. The standard InChI is InChI=1S/C24H27ClN2O6/c1-26(2)9-10-27-21(14-7-6-8-15(11-14)31-3)20(23(29)24(27)30)22(28)16-12-19(33-5)17(25)13-18(16)32-4/h6-8,11-13,21,28H,9-10H2,1-5H3/b22-20+. The van der Waals surface area contributed by atoms with E-state index in [0.717, 1.165) is 0 Å². The van der Waals surface area contributed by atoms with Crippen molar-refractivity contribution in [1.29, 1.82) is 0 Å². The highest BCUT2D eigenvalue weighted by molar-refractivity contribution is 6.46. The largest absolute Gasteiger partial charge is 0.507 e. The number of likely N-dealkylation sites (tertiary alicyclic amines) is 1. The molecular weight excluding hydrogens is 448 g/mol. The molecule has 1 saturated heterocycles. The van der Waals surface area contributed by atoms with Crippen LogP contribution in [0.3, 0.4) is 0 Å². The van der Waals surface area contributed by atoms with Crippen LogP contribution in [0, 0.1) is 0 Å². The lowest BCUT2D eigenvalue weighted by molar-refractivity contribution is -0.140. The Morgan fingerprint density at radius 3 is 2.36 bits per heavy atom. The lowest BCUT2D eigenvalue weighted by Gasteiger charge is -2.27. The molecule has 2 aromatic carbocycles. The molecule has 0 bridgehead atoms. The maximum absolute atomic E-state index is 13.2. The maximum atomic E-state index is 13.2. The molecule has 0 radical (unpaired) electrons. The van der Waals surface area contributed by atoms with Gasteiger partial charge in [0, 0.05) is 19.2 Å². The first-order valence-electron chi connectivity index (χ1n) is 10.2. The van der Waals surface area contributed by atoms with Crippen molar-refractivity contribution < 1.29 is 28.9 Å². The summed E-state index contributed by atoms with van der Waals surface area (Å²) in [7, 11) is 8.15. The fraction of sp³-hybridized carbons (Fsp3) is 0.333. The molecule has 0 spiro atoms. The Morgan fingerprint density at radius 2 is 1.76 bits per heavy atom. The quantitative estimate of drug-likeness (QED) is 0.356. The molecule has 9 heteroatoms. The minimum absolute atomic E-state index is 0.0466. The number of nitrogens with zero attached hydrogens (tertiary/aromatic N) is 2. The van der Waals surface area contributed by atoms with Gasteiger partial charge in [0.15, 0.2) is 0 Å². The Bertz CT molecular complexity index is 1100. The number of aliphatic hydroxyl groups is 1. The number of halogens is 1. The molecule has 1 fully saturated rings. The van der Waals surface area contributed by atoms with Gasteiger partial charge in [-0.3, -0.25) is 9.59 Å². The minimum atomic E-state index is -0.813. The van der Waals surface area contributed by atoms with Crippen LogP contribution < -0.4 is 14.2 Å². The summed E-state index contributed by atoms with van der Waals surface area (Å²) < 4.78 is 16.0. The number of carbonyl (C=O) groups is 2. The lowest BCUT2D eigenvalue weighted by atomic mass is 9.94. The number of carbonyl (C=O) groups excluding carboxylic acids is 2. The van der Waals surface area contributed by atoms with Gasteiger partial charge in [-0.15, -0.1) is 0 Å². The second-order valence-corrected chi connectivity index (χ2v) is 8.17. The zero-order chi connectivity index (χ0) is 24.3. The van der Waals surface area contributed by atoms with Crippen LogP contribution >= 0.6 is 11.6 Å². The molecule has 2 aromatic rings. The number of hydrogen-bond acceptors (Lipinski definition) is 7. The Hall–Kier alpha value is -3.23. The highest BCUT2D eigenvalue weighted by Crippen LogP contribution is 2.43. The van der Waals surface area contributed by atoms with E-state index in [9.17, 15) is 14.7 Å². The van der Waals surface area contributed by atoms with Gasteiger partial charge in [0.05, 0.1) is 43.5 Å². The van der Waals surface area contributed by atoms with E-state index in [2.05, 4.69) is 0 Å². The average Bonchev–Trinajstić information content (AvgIpc) is 3.06. The lowest BCUT2D eigenvalue weighted by Crippen LogP contribution is -2.35. The van der Waals surface area contributed by atoms with Crippen LogP contribution in [0.1, 0.15) is 17.2 Å². The molecule has 1 aliphatic rings. The summed E-state index contributed by atoms with van der Waals surface area (Å²) in [4.78, 5) is 29.6. The van der Waals surface area contributed by atoms with Crippen molar-refractivity contribution in [3.05, 3.63) is 58.1 Å². The number of amides is 1. The van der Waals surface area contributed by atoms with Gasteiger partial charge in [-0.25, -0.2) is 0 Å². The Morgan fingerprint density at radius 1 is 1.06 bits per heavy atom. The van der Waals surface area contributed by atoms with Crippen LogP contribution in [0.15, 0.2) is 42.0 Å². The molecule has 1 amide bonds. The Kier molecular flexibility index (Phi) is 7.50. The molecule has 1 atom stereocenters. The number of rotatable bonds is 8. The predicted octanol–water partition coefficient (Wildman–Crippen LogP) is 3.35. The molecule has 1 N–H and O–H groups in total. The predicted molar refractivity (Wildman–Crippen MR) is 125 cm³/mol. The molecular formula is C24H27ClN2O6. The van der Waals surface area contributed by atoms with E-state index in [1.807, 2.05) is 19.0 Å². The Balaban J connectivity index is 2.25. The van der Waals surface area contributed by atoms with Crippen molar-refractivity contribution in [2.45, 2.75) is 6.04 Å². The first-order chi connectivity index (χ1) is 15.7. The molecule has 1 unspecified atom stereocenters. The average molecular weight is 475 g/mol. The van der Waals surface area contributed by atoms with Crippen molar-refractivity contribution in [3.8, 4) is 17.2 Å². The first kappa shape index (κ1) is 24.4. The van der Waals surface area contributed by atoms with Gasteiger partial charge in [-0.2, -0.15) is 0 Å². The summed E-state index contributed by atoms with van der Waals surface area (Å²) in [6.07, 6.45) is 0. The normalized spacial score (nSPS) is 17.5. The number of hydrogen-bond donors (Lipinski definition) is 1. The van der Waals surface area contributed by atoms with Gasteiger partial charge in [-0.05, 0) is 37.9 Å². The van der Waals surface area contributed by atoms with E-state index in [4.69, 9.17) is 25.8 Å². The fourth-order valence-corrected chi connectivity index (χ4v) is 4.00. The van der Waals surface area contributed by atoms with Crippen LogP contribution in [0.5, 0.6) is 17.2 Å². The zero-order valence-corrected chi connectivity index (χ0v) is 20.0. The van der Waals surface area contributed by atoms with Crippen molar-refractivity contribution in [2.24, 2.45) is 0 Å². The highest BCUT2D eigenvalue weighted by atomic mass is 35.5. The second kappa shape index (κ2) is 10.1. The van der Waals surface area contributed by atoms with Gasteiger partial charge < -0.3 is 29.1 Å². The van der Waals surface area contributed by atoms with Crippen LogP contribution in [0.4, 0.5) is 0 Å². The van der Waals surface area contributed by atoms with Gasteiger partial charge in [0.1, 0.15) is 23.0 Å². The third kappa shape index (κ3) is 4.77. The maximum Gasteiger partial charge on any atom is 0.295 e. The zero-order valence-electron chi connectivity index (χ0n) is 19.2. The van der Waals surface area contributed by atoms with Gasteiger partial charge in [0.2, 0.25) is 0 Å². The minimum Gasteiger partial charge on any atom is -0.507 e. The summed E-state index contributed by atoms with van der Waals surface area (Å²) in [6.45, 7) is 0.822. The molecule has 1 aliphatic heterocycles. The number of ether oxygens (including phenoxy) is 3. The van der Waals surface area contributed by atoms with E-state index >= 15 is 0 Å². The molecule has 8 nitrogen and oxygen atoms in total. The molecule has 176 valence electrons. The number of Topliss-reactive ketones (excluding diaryl/α,β-unsaturated/α-hetero) is 1. The molecule has 1 heterocycles. The summed E-state index contributed by atoms with van der Waals surface area (Å²) >= 11 is 6.20. The highest BCUT2D eigenvalue weighted by Gasteiger charge is 2.46. The number of aliphatic hydroxyl groups excluding tert-OH is 1. The first-order valence-corrected chi connectivity index (χ1v) is 10.6. The number of methoxy groups -OCH3 is 3. The molecule has 0 aromatic heterocycles. The topological polar surface area (TPSA) is 88.5 Å². The van der Waals surface area contributed by atoms with Gasteiger partial charge >= 0.3 is 0 Å². The van der Waals surface area contributed by atoms with Crippen LogP contribution in [-0.4, -0.2) is 75.1 Å². The van der Waals surface area contributed by atoms with Crippen molar-refractivity contribution in [3.63, 3.8) is 0 Å². The number of ketones is 1. The smallest absolute Gasteiger partial charge is 0.295 e. The van der Waals surface area contributed by atoms with E-state index < -0.39 is 17.7 Å². The molecule has 0 saturated carbocycles. The second-order valence-electron chi connectivity index (χ2n) is 7.76. The van der Waals surface area contributed by atoms with E-state index in [1.54, 1.807) is 24.3 Å². The van der Waals surface area contributed by atoms with Crippen LogP contribution in [-0.2, 0) is 9.59 Å². The van der Waals surface area contributed by atoms with Gasteiger partial charge in [-0.1, -0.05) is 23.7 Å². The summed E-state index contributed by atoms with van der Waals surface area (Å²) in [5.74, 6) is -0.751. The van der Waals surface area contributed by atoms with E-state index in [0.29, 0.717) is 23.6 Å². The van der Waals surface area contributed by atoms with E-state index in [-0.39, 0.29) is 34.2 Å². The fourth-order valence-electron chi connectivity index (χ4n) is 3.77. The third-order valence-corrected chi connectivity index (χ3v) is 5.76. The molecule has 3 rings (SSSR count). The molecule has 33 heavy (non-hydrogen) atoms. The number of likely N-dealkylation sites (N-methyl/N-ethyl adjacent to an activating group) is 1. The molecule has 0 aliphatic carbocycles. The SMILES string of the molecule is COc1cccc(C2/C(=C(\O)c3cc(OC)c(Cl)cc3OC)C(=O)C(=O)N2CCN(C)C)c1. The van der Waals surface area contributed by atoms with Crippen molar-refractivity contribution in [2.75, 3.05) is 48.5 Å². The monoisotopic (exact) mass is 474 g/mol. The summed E-state index contributed by atoms with van der Waals surface area (Å²) in [6, 6.07) is 9.21. The summed E-state index contributed by atoms with van der Waals surface area (Å²) in [5.41, 5.74) is 0.778. The van der Waals surface area contributed by atoms with Crippen LogP contribution in [0.25, 0.3) is 5.76 Å². The Labute approximate surface area is 197 Å². The summed E-state index contributed by atoms with van der Waals surface area (Å²) in [5, 5.41) is 11.6. The van der Waals surface area contributed by atoms with Gasteiger partial charge in [0.25, 0.3) is 11.7 Å². The van der Waals surface area contributed by atoms with Crippen LogP contribution in [0.2, 0.25) is 5.02 Å². The van der Waals surface area contributed by atoms with E-state index in [1.165, 1.54) is 38.4 Å². The van der Waals surface area contributed by atoms with Crippen molar-refractivity contribution >= 4 is 29.1 Å².